The largest absolute Gasteiger partial charge is 0.385 e. The zero-order chi connectivity index (χ0) is 21.1. The molecule has 0 saturated carbocycles. The van der Waals surface area contributed by atoms with Gasteiger partial charge in [0.1, 0.15) is 0 Å². The van der Waals surface area contributed by atoms with Crippen LogP contribution in [0.25, 0.3) is 11.0 Å². The molecule has 1 fully saturated rings. The molecule has 0 radical (unpaired) electrons. The molecule has 3 aromatic rings. The molecule has 1 aliphatic heterocycles. The number of benzene rings is 2. The third-order valence-corrected chi connectivity index (χ3v) is 6.41. The second kappa shape index (κ2) is 8.80. The monoisotopic (exact) mass is 425 g/mol. The summed E-state index contributed by atoms with van der Waals surface area (Å²) in [5.74, 6) is 0. The molecule has 1 N–H and O–H groups in total. The maximum atomic E-state index is 12.8. The highest BCUT2D eigenvalue weighted by molar-refractivity contribution is 6.30. The minimum absolute atomic E-state index is 0.0202. The van der Waals surface area contributed by atoms with Crippen LogP contribution in [-0.4, -0.2) is 38.8 Å². The molecule has 1 aliphatic rings. The topological polar surface area (TPSA) is 50.4 Å². The first kappa shape index (κ1) is 20.9. The van der Waals surface area contributed by atoms with E-state index in [1.165, 1.54) is 0 Å². The van der Waals surface area contributed by atoms with E-state index in [1.807, 2.05) is 53.1 Å². The van der Waals surface area contributed by atoms with Crippen molar-refractivity contribution in [1.82, 2.24) is 14.0 Å². The standard InChI is InChI=1S/C24H28ClN3O2/c1-2-14-27-21-6-3-4-7-22(21)28(23(27)29)16-5-15-26-17-12-24(30,13-18-26)19-8-10-20(25)11-9-19/h2-4,6-11,30H,1,5,12-18H2. The summed E-state index contributed by atoms with van der Waals surface area (Å²) in [5, 5.41) is 11.7. The summed E-state index contributed by atoms with van der Waals surface area (Å²) < 4.78 is 3.64. The number of piperidine rings is 1. The summed E-state index contributed by atoms with van der Waals surface area (Å²) in [7, 11) is 0. The van der Waals surface area contributed by atoms with Crippen LogP contribution in [0.15, 0.2) is 66.0 Å². The van der Waals surface area contributed by atoms with Gasteiger partial charge in [-0.25, -0.2) is 4.79 Å². The SMILES string of the molecule is C=CCn1c(=O)n(CCCN2CCC(O)(c3ccc(Cl)cc3)CC2)c2ccccc21. The number of halogens is 1. The fourth-order valence-electron chi connectivity index (χ4n) is 4.44. The van der Waals surface area contributed by atoms with E-state index in [0.29, 0.717) is 31.0 Å². The van der Waals surface area contributed by atoms with E-state index >= 15 is 0 Å². The van der Waals surface area contributed by atoms with E-state index < -0.39 is 5.60 Å². The van der Waals surface area contributed by atoms with E-state index in [1.54, 1.807) is 10.6 Å². The van der Waals surface area contributed by atoms with Gasteiger partial charge in [-0.3, -0.25) is 9.13 Å². The molecule has 0 spiro atoms. The van der Waals surface area contributed by atoms with E-state index in [0.717, 1.165) is 42.7 Å². The average molecular weight is 426 g/mol. The zero-order valence-corrected chi connectivity index (χ0v) is 17.9. The molecule has 0 atom stereocenters. The lowest BCUT2D eigenvalue weighted by Gasteiger charge is -2.38. The van der Waals surface area contributed by atoms with E-state index in [-0.39, 0.29) is 5.69 Å². The number of hydrogen-bond acceptors (Lipinski definition) is 3. The lowest BCUT2D eigenvalue weighted by Crippen LogP contribution is -2.43. The van der Waals surface area contributed by atoms with Crippen LogP contribution in [0.5, 0.6) is 0 Å². The first-order valence-corrected chi connectivity index (χ1v) is 10.9. The fourth-order valence-corrected chi connectivity index (χ4v) is 4.57. The lowest BCUT2D eigenvalue weighted by molar-refractivity contribution is -0.0261. The molecule has 2 aromatic carbocycles. The number of aryl methyl sites for hydroxylation is 1. The van der Waals surface area contributed by atoms with Crippen LogP contribution in [0.4, 0.5) is 0 Å². The van der Waals surface area contributed by atoms with Gasteiger partial charge in [0, 0.05) is 31.2 Å². The molecule has 4 rings (SSSR count). The number of fused-ring (bicyclic) bond motifs is 1. The van der Waals surface area contributed by atoms with E-state index in [9.17, 15) is 9.90 Å². The summed E-state index contributed by atoms with van der Waals surface area (Å²) in [6.45, 7) is 7.56. The molecular formula is C24H28ClN3O2. The van der Waals surface area contributed by atoms with Crippen molar-refractivity contribution in [1.29, 1.82) is 0 Å². The number of aliphatic hydroxyl groups is 1. The predicted octanol–water partition coefficient (Wildman–Crippen LogP) is 4.02. The van der Waals surface area contributed by atoms with Crippen LogP contribution in [-0.2, 0) is 18.7 Å². The van der Waals surface area contributed by atoms with Crippen LogP contribution in [0.1, 0.15) is 24.8 Å². The van der Waals surface area contributed by atoms with Gasteiger partial charge in [0.15, 0.2) is 0 Å². The minimum atomic E-state index is -0.782. The van der Waals surface area contributed by atoms with Gasteiger partial charge < -0.3 is 10.0 Å². The first-order valence-electron chi connectivity index (χ1n) is 10.5. The normalized spacial score (nSPS) is 16.7. The molecule has 0 bridgehead atoms. The molecule has 5 nitrogen and oxygen atoms in total. The van der Waals surface area contributed by atoms with Crippen LogP contribution in [0.2, 0.25) is 5.02 Å². The first-order chi connectivity index (χ1) is 14.5. The highest BCUT2D eigenvalue weighted by Crippen LogP contribution is 2.33. The number of para-hydroxylation sites is 2. The predicted molar refractivity (Wildman–Crippen MR) is 122 cm³/mol. The van der Waals surface area contributed by atoms with Gasteiger partial charge >= 0.3 is 5.69 Å². The Kier molecular flexibility index (Phi) is 6.14. The van der Waals surface area contributed by atoms with Gasteiger partial charge in [0.25, 0.3) is 0 Å². The van der Waals surface area contributed by atoms with Gasteiger partial charge in [0.05, 0.1) is 16.6 Å². The third-order valence-electron chi connectivity index (χ3n) is 6.16. The Balaban J connectivity index is 1.37. The highest BCUT2D eigenvalue weighted by Gasteiger charge is 2.33. The van der Waals surface area contributed by atoms with Crippen molar-refractivity contribution >= 4 is 22.6 Å². The van der Waals surface area contributed by atoms with Gasteiger partial charge in [-0.1, -0.05) is 41.9 Å². The van der Waals surface area contributed by atoms with Crippen LogP contribution < -0.4 is 5.69 Å². The van der Waals surface area contributed by atoms with Crippen LogP contribution in [0.3, 0.4) is 0 Å². The minimum Gasteiger partial charge on any atom is -0.385 e. The second-order valence-electron chi connectivity index (χ2n) is 8.06. The summed E-state index contributed by atoms with van der Waals surface area (Å²) in [6, 6.07) is 15.4. The number of nitrogens with zero attached hydrogens (tertiary/aromatic N) is 3. The third kappa shape index (κ3) is 4.10. The number of imidazole rings is 1. The molecule has 0 amide bonds. The molecular weight excluding hydrogens is 398 g/mol. The van der Waals surface area contributed by atoms with Crippen molar-refractivity contribution in [3.63, 3.8) is 0 Å². The summed E-state index contributed by atoms with van der Waals surface area (Å²) in [6.07, 6.45) is 4.05. The molecule has 2 heterocycles. The van der Waals surface area contributed by atoms with E-state index in [2.05, 4.69) is 11.5 Å². The van der Waals surface area contributed by atoms with Crippen molar-refractivity contribution in [2.75, 3.05) is 19.6 Å². The van der Waals surface area contributed by atoms with Gasteiger partial charge in [-0.15, -0.1) is 6.58 Å². The maximum absolute atomic E-state index is 12.8. The van der Waals surface area contributed by atoms with Gasteiger partial charge in [-0.2, -0.15) is 0 Å². The highest BCUT2D eigenvalue weighted by atomic mass is 35.5. The Hall–Kier alpha value is -2.34. The smallest absolute Gasteiger partial charge is 0.329 e. The van der Waals surface area contributed by atoms with Crippen LogP contribution >= 0.6 is 11.6 Å². The Morgan fingerprint density at radius 3 is 2.27 bits per heavy atom. The molecule has 158 valence electrons. The quantitative estimate of drug-likeness (QED) is 0.582. The summed E-state index contributed by atoms with van der Waals surface area (Å²) >= 11 is 5.97. The number of aromatic nitrogens is 2. The number of likely N-dealkylation sites (tertiary alicyclic amines) is 1. The Morgan fingerprint density at radius 2 is 1.63 bits per heavy atom. The zero-order valence-electron chi connectivity index (χ0n) is 17.1. The molecule has 6 heteroatoms. The molecule has 30 heavy (non-hydrogen) atoms. The molecule has 0 aliphatic carbocycles. The molecule has 1 saturated heterocycles. The van der Waals surface area contributed by atoms with E-state index in [4.69, 9.17) is 11.6 Å². The number of allylic oxidation sites excluding steroid dienone is 1. The summed E-state index contributed by atoms with van der Waals surface area (Å²) in [4.78, 5) is 15.2. The van der Waals surface area contributed by atoms with Crippen molar-refractivity contribution < 1.29 is 5.11 Å². The fraction of sp³-hybridized carbons (Fsp3) is 0.375. The average Bonchev–Trinajstić information content (AvgIpc) is 3.02. The van der Waals surface area contributed by atoms with Crippen molar-refractivity contribution in [3.05, 3.63) is 82.3 Å². The Morgan fingerprint density at radius 1 is 1.00 bits per heavy atom. The maximum Gasteiger partial charge on any atom is 0.329 e. The Bertz CT molecular complexity index is 1080. The molecule has 1 aromatic heterocycles. The Labute approximate surface area is 181 Å². The van der Waals surface area contributed by atoms with Gasteiger partial charge in [-0.05, 0) is 55.6 Å². The van der Waals surface area contributed by atoms with Crippen molar-refractivity contribution in [2.24, 2.45) is 0 Å². The second-order valence-corrected chi connectivity index (χ2v) is 8.49. The molecule has 0 unspecified atom stereocenters. The summed E-state index contributed by atoms with van der Waals surface area (Å²) in [5.41, 5.74) is 2.10. The van der Waals surface area contributed by atoms with Crippen molar-refractivity contribution in [3.8, 4) is 0 Å². The van der Waals surface area contributed by atoms with Gasteiger partial charge in [0.2, 0.25) is 0 Å². The van der Waals surface area contributed by atoms with Crippen molar-refractivity contribution in [2.45, 2.75) is 38.0 Å². The number of hydrogen-bond donors (Lipinski definition) is 1. The number of rotatable bonds is 7. The lowest BCUT2D eigenvalue weighted by atomic mass is 9.84. The van der Waals surface area contributed by atoms with Crippen LogP contribution in [0, 0.1) is 0 Å².